The average Bonchev–Trinajstić information content (AvgIpc) is 3.95. The number of nitrogens with zero attached hydrogens (tertiary/aromatic N) is 6. The summed E-state index contributed by atoms with van der Waals surface area (Å²) < 4.78 is 28.3. The van der Waals surface area contributed by atoms with Crippen molar-refractivity contribution in [3.05, 3.63) is 84.9 Å². The molecule has 2 spiro atoms. The van der Waals surface area contributed by atoms with Gasteiger partial charge in [-0.3, -0.25) is 18.9 Å². The number of aromatic nitrogens is 4. The maximum atomic E-state index is 6.57. The van der Waals surface area contributed by atoms with E-state index >= 15 is 0 Å². The van der Waals surface area contributed by atoms with Crippen LogP contribution in [0.15, 0.2) is 84.9 Å². The van der Waals surface area contributed by atoms with Gasteiger partial charge in [0, 0.05) is 36.1 Å². The van der Waals surface area contributed by atoms with E-state index in [1.54, 1.807) is 14.2 Å². The highest BCUT2D eigenvalue weighted by Gasteiger charge is 2.54. The molecule has 0 amide bonds. The van der Waals surface area contributed by atoms with Gasteiger partial charge in [0.25, 0.3) is 12.0 Å². The van der Waals surface area contributed by atoms with Gasteiger partial charge in [0.15, 0.2) is 0 Å². The van der Waals surface area contributed by atoms with Crippen LogP contribution in [0.4, 0.5) is 0 Å². The molecular formula is C44H46N6O4. The molecule has 0 aliphatic carbocycles. The van der Waals surface area contributed by atoms with Crippen molar-refractivity contribution < 1.29 is 18.9 Å². The molecule has 10 heteroatoms. The molecule has 276 valence electrons. The standard InChI is InChI=1S/2C22H23N3O2/c2*1-26-17-7-5-15(6-8-17)18-3-2-4-19-20(18)23-21-25(19)14-22(27-21)13-24-11-9-16(22)10-12-24/h2*2-8,16H,9-14H2,1H3/t2*22-/m10/s1. The van der Waals surface area contributed by atoms with Crippen molar-refractivity contribution in [2.24, 2.45) is 11.8 Å². The summed E-state index contributed by atoms with van der Waals surface area (Å²) >= 11 is 0. The van der Waals surface area contributed by atoms with Crippen LogP contribution in [0.1, 0.15) is 25.7 Å². The van der Waals surface area contributed by atoms with Gasteiger partial charge in [0.05, 0.1) is 38.3 Å². The molecule has 0 unspecified atom stereocenters. The average molecular weight is 723 g/mol. The molecule has 0 N–H and O–H groups in total. The molecule has 2 aromatic heterocycles. The number of methoxy groups -OCH3 is 2. The molecule has 4 bridgehead atoms. The minimum absolute atomic E-state index is 0.0663. The van der Waals surface area contributed by atoms with E-state index in [0.717, 1.165) is 83.0 Å². The number of rotatable bonds is 4. The van der Waals surface area contributed by atoms with Gasteiger partial charge in [-0.2, -0.15) is 9.97 Å². The first-order valence-electron chi connectivity index (χ1n) is 19.6. The summed E-state index contributed by atoms with van der Waals surface area (Å²) in [6.07, 6.45) is 5.00. The third kappa shape index (κ3) is 4.99. The Morgan fingerprint density at radius 3 is 1.30 bits per heavy atom. The fourth-order valence-electron chi connectivity index (χ4n) is 10.5. The predicted molar refractivity (Wildman–Crippen MR) is 208 cm³/mol. The Kier molecular flexibility index (Phi) is 7.33. The maximum Gasteiger partial charge on any atom is 0.298 e. The Bertz CT molecular complexity index is 2200. The van der Waals surface area contributed by atoms with Gasteiger partial charge in [0.2, 0.25) is 0 Å². The molecule has 14 rings (SSSR count). The number of hydrogen-bond donors (Lipinski definition) is 0. The van der Waals surface area contributed by atoms with Gasteiger partial charge in [-0.25, -0.2) is 0 Å². The van der Waals surface area contributed by atoms with E-state index in [1.807, 2.05) is 24.3 Å². The first-order valence-corrected chi connectivity index (χ1v) is 19.6. The smallest absolute Gasteiger partial charge is 0.298 e. The largest absolute Gasteiger partial charge is 0.497 e. The van der Waals surface area contributed by atoms with Crippen LogP contribution in [-0.4, -0.2) is 93.6 Å². The Morgan fingerprint density at radius 2 is 0.944 bits per heavy atom. The van der Waals surface area contributed by atoms with Gasteiger partial charge in [0.1, 0.15) is 33.7 Å². The van der Waals surface area contributed by atoms with Crippen molar-refractivity contribution >= 4 is 22.1 Å². The van der Waals surface area contributed by atoms with Gasteiger partial charge in [-0.05, 0) is 99.4 Å². The Labute approximate surface area is 315 Å². The van der Waals surface area contributed by atoms with Gasteiger partial charge in [-0.1, -0.05) is 48.5 Å². The monoisotopic (exact) mass is 722 g/mol. The summed E-state index contributed by atoms with van der Waals surface area (Å²) in [6.45, 7) is 8.82. The van der Waals surface area contributed by atoms with Crippen LogP contribution in [0, 0.1) is 11.8 Å². The lowest BCUT2D eigenvalue weighted by Gasteiger charge is -2.50. The van der Waals surface area contributed by atoms with Gasteiger partial charge in [-0.15, -0.1) is 0 Å². The molecule has 8 aliphatic rings. The SMILES string of the molecule is COc1ccc(-c2cccc3c2nc2n3C[C@@]3(CN4CCC3CC4)O2)cc1.COc1ccc(-c2cccc3c2nc2n3C[C@]3(CN4CCC3CC4)O2)cc1. The molecule has 2 atom stereocenters. The molecule has 0 saturated carbocycles. The highest BCUT2D eigenvalue weighted by atomic mass is 16.5. The van der Waals surface area contributed by atoms with Crippen molar-refractivity contribution in [3.8, 4) is 45.8 Å². The summed E-state index contributed by atoms with van der Waals surface area (Å²) in [5.41, 5.74) is 8.84. The van der Waals surface area contributed by atoms with Crippen LogP contribution in [-0.2, 0) is 13.1 Å². The van der Waals surface area contributed by atoms with E-state index in [0.29, 0.717) is 11.8 Å². The van der Waals surface area contributed by atoms with Crippen LogP contribution in [0.5, 0.6) is 23.5 Å². The molecule has 6 fully saturated rings. The second-order valence-electron chi connectivity index (χ2n) is 16.2. The van der Waals surface area contributed by atoms with E-state index in [1.165, 1.54) is 62.9 Å². The fourth-order valence-corrected chi connectivity index (χ4v) is 10.5. The minimum atomic E-state index is -0.0663. The van der Waals surface area contributed by atoms with Crippen molar-refractivity contribution in [1.82, 2.24) is 28.9 Å². The van der Waals surface area contributed by atoms with E-state index in [-0.39, 0.29) is 11.2 Å². The first kappa shape index (κ1) is 32.4. The molecule has 6 saturated heterocycles. The Balaban J connectivity index is 0.000000126. The van der Waals surface area contributed by atoms with Crippen molar-refractivity contribution in [3.63, 3.8) is 0 Å². The molecule has 0 radical (unpaired) electrons. The topological polar surface area (TPSA) is 79.0 Å². The van der Waals surface area contributed by atoms with E-state index in [4.69, 9.17) is 28.9 Å². The van der Waals surface area contributed by atoms with Crippen LogP contribution in [0.2, 0.25) is 0 Å². The third-order valence-electron chi connectivity index (χ3n) is 13.4. The van der Waals surface area contributed by atoms with E-state index in [9.17, 15) is 0 Å². The highest BCUT2D eigenvalue weighted by Crippen LogP contribution is 2.47. The van der Waals surface area contributed by atoms with Crippen LogP contribution in [0.3, 0.4) is 0 Å². The molecular weight excluding hydrogens is 677 g/mol. The molecule has 54 heavy (non-hydrogen) atoms. The number of hydrogen-bond acceptors (Lipinski definition) is 8. The Hall–Kier alpha value is -5.06. The number of fused-ring (bicyclic) bond motifs is 10. The molecule has 8 aliphatic heterocycles. The van der Waals surface area contributed by atoms with Crippen molar-refractivity contribution in [2.45, 2.75) is 50.0 Å². The Morgan fingerprint density at radius 1 is 0.537 bits per heavy atom. The normalized spacial score (nSPS) is 28.5. The number of piperidine rings is 6. The second kappa shape index (κ2) is 12.2. The van der Waals surface area contributed by atoms with Gasteiger partial charge < -0.3 is 18.9 Å². The second-order valence-corrected chi connectivity index (χ2v) is 16.2. The van der Waals surface area contributed by atoms with Gasteiger partial charge >= 0.3 is 0 Å². The quantitative estimate of drug-likeness (QED) is 0.190. The molecule has 10 nitrogen and oxygen atoms in total. The lowest BCUT2D eigenvalue weighted by molar-refractivity contribution is -0.0833. The number of imidazole rings is 2. The summed E-state index contributed by atoms with van der Waals surface area (Å²) in [6, 6.07) is 30.8. The zero-order chi connectivity index (χ0) is 36.0. The zero-order valence-corrected chi connectivity index (χ0v) is 31.0. The lowest BCUT2D eigenvalue weighted by atomic mass is 9.75. The van der Waals surface area contributed by atoms with E-state index in [2.05, 4.69) is 79.6 Å². The molecule has 10 heterocycles. The van der Waals surface area contributed by atoms with Crippen molar-refractivity contribution in [2.75, 3.05) is 53.5 Å². The molecule has 4 aromatic carbocycles. The fraction of sp³-hybridized carbons (Fsp3) is 0.409. The van der Waals surface area contributed by atoms with Crippen LogP contribution >= 0.6 is 0 Å². The number of para-hydroxylation sites is 2. The summed E-state index contributed by atoms with van der Waals surface area (Å²) in [4.78, 5) is 15.0. The first-order chi connectivity index (χ1) is 26.5. The predicted octanol–water partition coefficient (Wildman–Crippen LogP) is 7.14. The van der Waals surface area contributed by atoms with Crippen molar-refractivity contribution in [1.29, 1.82) is 0 Å². The minimum Gasteiger partial charge on any atom is -0.497 e. The highest BCUT2D eigenvalue weighted by molar-refractivity contribution is 5.94. The summed E-state index contributed by atoms with van der Waals surface area (Å²) in [7, 11) is 3.38. The zero-order valence-electron chi connectivity index (χ0n) is 31.0. The van der Waals surface area contributed by atoms with E-state index < -0.39 is 0 Å². The van der Waals surface area contributed by atoms with Crippen LogP contribution < -0.4 is 18.9 Å². The number of ether oxygens (including phenoxy) is 4. The number of benzene rings is 4. The summed E-state index contributed by atoms with van der Waals surface area (Å²) in [5.74, 6) is 3.05. The third-order valence-corrected chi connectivity index (χ3v) is 13.4. The lowest BCUT2D eigenvalue weighted by Crippen LogP contribution is -2.61. The summed E-state index contributed by atoms with van der Waals surface area (Å²) in [5, 5.41) is 0. The maximum absolute atomic E-state index is 6.57. The van der Waals surface area contributed by atoms with Crippen LogP contribution in [0.25, 0.3) is 44.3 Å². The molecule has 6 aromatic rings.